The van der Waals surface area contributed by atoms with Crippen LogP contribution in [0.4, 0.5) is 15.8 Å². The maximum atomic E-state index is 13.4. The van der Waals surface area contributed by atoms with E-state index in [1.807, 2.05) is 6.07 Å². The van der Waals surface area contributed by atoms with E-state index in [9.17, 15) is 29.4 Å². The lowest BCUT2D eigenvalue weighted by Crippen LogP contribution is -2.40. The second-order valence-corrected chi connectivity index (χ2v) is 8.33. The summed E-state index contributed by atoms with van der Waals surface area (Å²) in [4.78, 5) is 38.6. The van der Waals surface area contributed by atoms with Crippen molar-refractivity contribution in [3.8, 4) is 17.6 Å². The van der Waals surface area contributed by atoms with E-state index < -0.39 is 40.0 Å². The normalized spacial score (nSPS) is 14.8. The summed E-state index contributed by atoms with van der Waals surface area (Å²) in [6.07, 6.45) is 0. The largest absolute Gasteiger partial charge is 0.466 e. The van der Waals surface area contributed by atoms with Gasteiger partial charge < -0.3 is 19.9 Å². The van der Waals surface area contributed by atoms with Crippen LogP contribution < -0.4 is 15.4 Å². The van der Waals surface area contributed by atoms with Gasteiger partial charge in [-0.05, 0) is 29.8 Å². The third-order valence-corrected chi connectivity index (χ3v) is 6.00. The van der Waals surface area contributed by atoms with E-state index in [4.69, 9.17) is 19.9 Å². The molecular weight excluding hydrogens is 523 g/mol. The molecule has 0 aliphatic carbocycles. The minimum absolute atomic E-state index is 0.0730. The number of nitrogens with two attached hydrogens (primary N) is 1. The summed E-state index contributed by atoms with van der Waals surface area (Å²) in [6.45, 7) is 0. The smallest absolute Gasteiger partial charge is 0.355 e. The standard InChI is InChI=1S/C28H21FN4O7/c1-38-27(34)24-23(16-6-4-3-5-7-16)22(15-30)26(31)32(25(24)28(35)39-2)18-12-19(33(36)37)14-21(13-18)40-20-10-8-17(29)9-11-20/h3-14,23H,31H2,1-2H3. The summed E-state index contributed by atoms with van der Waals surface area (Å²) in [5.74, 6) is -3.79. The quantitative estimate of drug-likeness (QED) is 0.256. The topological polar surface area (TPSA) is 158 Å². The molecule has 0 aromatic heterocycles. The molecular formula is C28H21FN4O7. The van der Waals surface area contributed by atoms with E-state index in [1.165, 1.54) is 18.2 Å². The number of methoxy groups -OCH3 is 2. The predicted molar refractivity (Wildman–Crippen MR) is 139 cm³/mol. The lowest BCUT2D eigenvalue weighted by atomic mass is 9.81. The van der Waals surface area contributed by atoms with E-state index in [-0.39, 0.29) is 34.2 Å². The van der Waals surface area contributed by atoms with Gasteiger partial charge in [-0.1, -0.05) is 30.3 Å². The molecule has 3 aromatic carbocycles. The second-order valence-electron chi connectivity index (χ2n) is 8.33. The second kappa shape index (κ2) is 11.4. The van der Waals surface area contributed by atoms with Crippen molar-refractivity contribution >= 4 is 23.3 Å². The Bertz CT molecular complexity index is 1600. The van der Waals surface area contributed by atoms with Crippen molar-refractivity contribution in [3.05, 3.63) is 117 Å². The Labute approximate surface area is 227 Å². The Kier molecular flexibility index (Phi) is 7.76. The first-order chi connectivity index (χ1) is 19.2. The van der Waals surface area contributed by atoms with Crippen molar-refractivity contribution in [1.29, 1.82) is 5.26 Å². The highest BCUT2D eigenvalue weighted by Crippen LogP contribution is 2.44. The number of nitriles is 1. The maximum Gasteiger partial charge on any atom is 0.355 e. The molecule has 0 bridgehead atoms. The van der Waals surface area contributed by atoms with Crippen molar-refractivity contribution < 1.29 is 33.1 Å². The first-order valence-corrected chi connectivity index (χ1v) is 11.6. The van der Waals surface area contributed by atoms with Crippen molar-refractivity contribution in [2.45, 2.75) is 5.92 Å². The van der Waals surface area contributed by atoms with Gasteiger partial charge in [-0.15, -0.1) is 0 Å². The van der Waals surface area contributed by atoms with Crippen LogP contribution in [0.25, 0.3) is 0 Å². The van der Waals surface area contributed by atoms with Gasteiger partial charge in [0.1, 0.15) is 28.8 Å². The Morgan fingerprint density at radius 1 is 1.00 bits per heavy atom. The van der Waals surface area contributed by atoms with Crippen LogP contribution in [0.2, 0.25) is 0 Å². The van der Waals surface area contributed by atoms with E-state index in [2.05, 4.69) is 0 Å². The number of rotatable bonds is 7. The number of non-ortho nitro benzene ring substituents is 1. The molecule has 1 aliphatic heterocycles. The fourth-order valence-electron chi connectivity index (χ4n) is 4.28. The number of esters is 2. The van der Waals surface area contributed by atoms with Crippen LogP contribution in [0, 0.1) is 27.3 Å². The van der Waals surface area contributed by atoms with Crippen LogP contribution in [0.1, 0.15) is 11.5 Å². The predicted octanol–water partition coefficient (Wildman–Crippen LogP) is 4.42. The number of halogens is 1. The molecule has 11 nitrogen and oxygen atoms in total. The Balaban J connectivity index is 2.01. The van der Waals surface area contributed by atoms with E-state index in [0.717, 1.165) is 43.4 Å². The number of anilines is 1. The zero-order valence-corrected chi connectivity index (χ0v) is 21.2. The Morgan fingerprint density at radius 3 is 2.23 bits per heavy atom. The Hall–Kier alpha value is -5.70. The van der Waals surface area contributed by atoms with Crippen molar-refractivity contribution in [2.75, 3.05) is 19.1 Å². The summed E-state index contributed by atoms with van der Waals surface area (Å²) in [7, 11) is 2.18. The molecule has 0 fully saturated rings. The first kappa shape index (κ1) is 27.3. The maximum absolute atomic E-state index is 13.4. The molecule has 0 radical (unpaired) electrons. The van der Waals surface area contributed by atoms with Gasteiger partial charge in [0.2, 0.25) is 0 Å². The average Bonchev–Trinajstić information content (AvgIpc) is 2.97. The molecule has 1 aliphatic rings. The van der Waals surface area contributed by atoms with Gasteiger partial charge in [0.15, 0.2) is 0 Å². The summed E-state index contributed by atoms with van der Waals surface area (Å²) in [6, 6.07) is 18.8. The first-order valence-electron chi connectivity index (χ1n) is 11.6. The zero-order chi connectivity index (χ0) is 29.0. The number of allylic oxidation sites excluding steroid dienone is 1. The number of hydrogen-bond acceptors (Lipinski definition) is 10. The molecule has 0 spiro atoms. The van der Waals surface area contributed by atoms with Crippen LogP contribution in [-0.2, 0) is 19.1 Å². The summed E-state index contributed by atoms with van der Waals surface area (Å²) < 4.78 is 29.0. The minimum atomic E-state index is -1.11. The van der Waals surface area contributed by atoms with E-state index >= 15 is 0 Å². The number of carbonyl (C=O) groups is 2. The molecule has 0 saturated carbocycles. The van der Waals surface area contributed by atoms with Gasteiger partial charge in [0.25, 0.3) is 5.69 Å². The van der Waals surface area contributed by atoms with Crippen LogP contribution in [0.3, 0.4) is 0 Å². The van der Waals surface area contributed by atoms with Crippen molar-refractivity contribution in [3.63, 3.8) is 0 Å². The average molecular weight is 544 g/mol. The van der Waals surface area contributed by atoms with Gasteiger partial charge in [-0.25, -0.2) is 14.0 Å². The molecule has 1 heterocycles. The summed E-state index contributed by atoms with van der Waals surface area (Å²) in [5, 5.41) is 22.0. The number of hydrogen-bond donors (Lipinski definition) is 1. The Morgan fingerprint density at radius 2 is 1.65 bits per heavy atom. The van der Waals surface area contributed by atoms with Gasteiger partial charge in [-0.3, -0.25) is 15.0 Å². The highest BCUT2D eigenvalue weighted by Gasteiger charge is 2.43. The fourth-order valence-corrected chi connectivity index (χ4v) is 4.28. The third kappa shape index (κ3) is 5.16. The van der Waals surface area contributed by atoms with Gasteiger partial charge >= 0.3 is 11.9 Å². The highest BCUT2D eigenvalue weighted by molar-refractivity contribution is 6.06. The van der Waals surface area contributed by atoms with Gasteiger partial charge in [0, 0.05) is 12.1 Å². The molecule has 2 N–H and O–H groups in total. The van der Waals surface area contributed by atoms with Crippen LogP contribution in [0.5, 0.6) is 11.5 Å². The number of nitro benzene ring substituents is 1. The molecule has 202 valence electrons. The van der Waals surface area contributed by atoms with Crippen LogP contribution in [-0.4, -0.2) is 31.1 Å². The molecule has 1 atom stereocenters. The number of ether oxygens (including phenoxy) is 3. The molecule has 0 amide bonds. The highest BCUT2D eigenvalue weighted by atomic mass is 19.1. The minimum Gasteiger partial charge on any atom is -0.466 e. The van der Waals surface area contributed by atoms with Crippen LogP contribution in [0.15, 0.2) is 95.5 Å². The van der Waals surface area contributed by atoms with E-state index in [1.54, 1.807) is 30.3 Å². The number of nitrogens with zero attached hydrogens (tertiary/aromatic N) is 3. The molecule has 3 aromatic rings. The monoisotopic (exact) mass is 544 g/mol. The van der Waals surface area contributed by atoms with Gasteiger partial charge in [0.05, 0.1) is 54.0 Å². The number of nitro groups is 1. The molecule has 12 heteroatoms. The number of carbonyl (C=O) groups excluding carboxylic acids is 2. The number of benzene rings is 3. The van der Waals surface area contributed by atoms with Gasteiger partial charge in [-0.2, -0.15) is 5.26 Å². The van der Waals surface area contributed by atoms with Crippen molar-refractivity contribution in [2.24, 2.45) is 5.73 Å². The molecule has 1 unspecified atom stereocenters. The lowest BCUT2D eigenvalue weighted by Gasteiger charge is -2.35. The molecule has 40 heavy (non-hydrogen) atoms. The van der Waals surface area contributed by atoms with Crippen LogP contribution >= 0.6 is 0 Å². The zero-order valence-electron chi connectivity index (χ0n) is 21.2. The fraction of sp³-hybridized carbons (Fsp3) is 0.107. The lowest BCUT2D eigenvalue weighted by molar-refractivity contribution is -0.384. The molecule has 4 rings (SSSR count). The van der Waals surface area contributed by atoms with E-state index in [0.29, 0.717) is 5.56 Å². The third-order valence-electron chi connectivity index (χ3n) is 6.00. The van der Waals surface area contributed by atoms with Crippen molar-refractivity contribution in [1.82, 2.24) is 0 Å². The summed E-state index contributed by atoms with van der Waals surface area (Å²) in [5.41, 5.74) is 5.57. The SMILES string of the molecule is COC(=O)C1=C(C(=O)OC)N(c2cc(Oc3ccc(F)cc3)cc([N+](=O)[O-])c2)C(N)=C(C#N)C1c1ccccc1. The molecule has 0 saturated heterocycles. The summed E-state index contributed by atoms with van der Waals surface area (Å²) >= 11 is 0.